The van der Waals surface area contributed by atoms with E-state index in [2.05, 4.69) is 20.6 Å². The van der Waals surface area contributed by atoms with E-state index in [0.717, 1.165) is 35.9 Å². The molecule has 0 amide bonds. The van der Waals surface area contributed by atoms with Crippen molar-refractivity contribution in [2.75, 3.05) is 13.1 Å². The van der Waals surface area contributed by atoms with Gasteiger partial charge in [-0.05, 0) is 0 Å². The van der Waals surface area contributed by atoms with Crippen LogP contribution in [-0.2, 0) is 13.1 Å². The second kappa shape index (κ2) is 7.37. The van der Waals surface area contributed by atoms with Crippen LogP contribution in [0.2, 0.25) is 8.93 Å². The van der Waals surface area contributed by atoms with Gasteiger partial charge in [0.15, 0.2) is 8.93 Å². The van der Waals surface area contributed by atoms with Crippen molar-refractivity contribution in [2.24, 2.45) is 0 Å². The quantitative estimate of drug-likeness (QED) is 0.769. The third kappa shape index (κ3) is 4.79. The van der Waals surface area contributed by atoms with Gasteiger partial charge in [0.05, 0.1) is 0 Å². The Bertz CT molecular complexity index is 441. The third-order valence-corrected chi connectivity index (χ3v) is 4.36. The Labute approximate surface area is 123 Å². The molecule has 0 radical (unpaired) electrons. The van der Waals surface area contributed by atoms with Crippen molar-refractivity contribution in [3.8, 4) is 0 Å². The number of nitrogens with one attached hydrogen (secondary N) is 2. The molecule has 0 fully saturated rings. The Balaban J connectivity index is 1.54. The minimum atomic E-state index is 0.590. The largest absolute Gasteiger partial charge is 0.311 e. The third-order valence-electron chi connectivity index (χ3n) is 2.13. The van der Waals surface area contributed by atoms with E-state index in [1.807, 2.05) is 0 Å². The SMILES string of the molecule is Clc1ncc(CNCCNCc2cnc(Cl)s2)s1. The number of hydrogen-bond donors (Lipinski definition) is 2. The van der Waals surface area contributed by atoms with E-state index in [9.17, 15) is 0 Å². The van der Waals surface area contributed by atoms with Crippen molar-refractivity contribution in [1.29, 1.82) is 0 Å². The standard InChI is InChI=1S/C10H12Cl2N4S2/c11-9-15-5-7(17-9)3-13-1-2-14-4-8-6-16-10(12)18-8/h5-6,13-14H,1-4H2. The van der Waals surface area contributed by atoms with E-state index in [-0.39, 0.29) is 0 Å². The molecule has 0 saturated carbocycles. The molecule has 98 valence electrons. The summed E-state index contributed by atoms with van der Waals surface area (Å²) in [4.78, 5) is 10.3. The van der Waals surface area contributed by atoms with Crippen LogP contribution in [0.25, 0.3) is 0 Å². The molecule has 4 nitrogen and oxygen atoms in total. The maximum absolute atomic E-state index is 5.74. The van der Waals surface area contributed by atoms with Gasteiger partial charge in [-0.3, -0.25) is 0 Å². The van der Waals surface area contributed by atoms with E-state index < -0.39 is 0 Å². The number of rotatable bonds is 7. The number of hydrogen-bond acceptors (Lipinski definition) is 6. The second-order valence-electron chi connectivity index (χ2n) is 3.51. The highest BCUT2D eigenvalue weighted by Crippen LogP contribution is 2.17. The Hall–Kier alpha value is -0.240. The summed E-state index contributed by atoms with van der Waals surface area (Å²) in [5.41, 5.74) is 0. The minimum Gasteiger partial charge on any atom is -0.311 e. The average molecular weight is 323 g/mol. The fraction of sp³-hybridized carbons (Fsp3) is 0.400. The molecular formula is C10H12Cl2N4S2. The van der Waals surface area contributed by atoms with Crippen LogP contribution in [0.3, 0.4) is 0 Å². The van der Waals surface area contributed by atoms with Gasteiger partial charge < -0.3 is 10.6 Å². The molecule has 0 aliphatic heterocycles. The van der Waals surface area contributed by atoms with E-state index >= 15 is 0 Å². The fourth-order valence-corrected chi connectivity index (χ4v) is 3.23. The summed E-state index contributed by atoms with van der Waals surface area (Å²) in [6.07, 6.45) is 3.60. The Morgan fingerprint density at radius 1 is 0.889 bits per heavy atom. The molecule has 2 heterocycles. The molecule has 0 aliphatic carbocycles. The topological polar surface area (TPSA) is 49.8 Å². The highest BCUT2D eigenvalue weighted by molar-refractivity contribution is 7.16. The summed E-state index contributed by atoms with van der Waals surface area (Å²) in [6.45, 7) is 3.39. The summed E-state index contributed by atoms with van der Waals surface area (Å²) >= 11 is 14.5. The highest BCUT2D eigenvalue weighted by Gasteiger charge is 1.99. The van der Waals surface area contributed by atoms with Crippen LogP contribution in [0.4, 0.5) is 0 Å². The van der Waals surface area contributed by atoms with Crippen molar-refractivity contribution in [2.45, 2.75) is 13.1 Å². The summed E-state index contributed by atoms with van der Waals surface area (Å²) in [6, 6.07) is 0. The van der Waals surface area contributed by atoms with E-state index in [4.69, 9.17) is 23.2 Å². The van der Waals surface area contributed by atoms with Crippen molar-refractivity contribution >= 4 is 45.9 Å². The lowest BCUT2D eigenvalue weighted by molar-refractivity contribution is 0.616. The monoisotopic (exact) mass is 322 g/mol. The first kappa shape index (κ1) is 14.2. The van der Waals surface area contributed by atoms with Gasteiger partial charge >= 0.3 is 0 Å². The van der Waals surface area contributed by atoms with Crippen LogP contribution in [0.1, 0.15) is 9.75 Å². The highest BCUT2D eigenvalue weighted by atomic mass is 35.5. The number of aromatic nitrogens is 2. The van der Waals surface area contributed by atoms with Crippen LogP contribution in [0.5, 0.6) is 0 Å². The van der Waals surface area contributed by atoms with E-state index in [1.165, 1.54) is 22.7 Å². The molecule has 0 saturated heterocycles. The first-order valence-electron chi connectivity index (χ1n) is 5.36. The molecule has 0 aliphatic rings. The van der Waals surface area contributed by atoms with E-state index in [0.29, 0.717) is 8.93 Å². The van der Waals surface area contributed by atoms with Gasteiger partial charge in [-0.15, -0.1) is 22.7 Å². The zero-order valence-corrected chi connectivity index (χ0v) is 12.6. The first-order chi connectivity index (χ1) is 8.74. The van der Waals surface area contributed by atoms with E-state index in [1.54, 1.807) is 12.4 Å². The lowest BCUT2D eigenvalue weighted by Crippen LogP contribution is -2.26. The molecule has 2 rings (SSSR count). The fourth-order valence-electron chi connectivity index (χ4n) is 1.33. The molecule has 2 N–H and O–H groups in total. The van der Waals surface area contributed by atoms with Crippen molar-refractivity contribution in [3.63, 3.8) is 0 Å². The molecule has 0 atom stereocenters. The summed E-state index contributed by atoms with van der Waals surface area (Å²) in [5, 5.41) is 6.63. The van der Waals surface area contributed by atoms with Crippen LogP contribution in [0.15, 0.2) is 12.4 Å². The summed E-state index contributed by atoms with van der Waals surface area (Å²) in [7, 11) is 0. The van der Waals surface area contributed by atoms with Crippen molar-refractivity contribution < 1.29 is 0 Å². The van der Waals surface area contributed by atoms with Crippen LogP contribution < -0.4 is 10.6 Å². The Kier molecular flexibility index (Phi) is 5.81. The predicted octanol–water partition coefficient (Wildman–Crippen LogP) is 2.79. The maximum Gasteiger partial charge on any atom is 0.183 e. The summed E-state index contributed by atoms with van der Waals surface area (Å²) < 4.78 is 1.18. The average Bonchev–Trinajstić information content (AvgIpc) is 2.93. The molecular weight excluding hydrogens is 311 g/mol. The maximum atomic E-state index is 5.74. The summed E-state index contributed by atoms with van der Waals surface area (Å²) in [5.74, 6) is 0. The van der Waals surface area contributed by atoms with Gasteiger partial charge in [0.2, 0.25) is 0 Å². The molecule has 18 heavy (non-hydrogen) atoms. The molecule has 0 bridgehead atoms. The van der Waals surface area contributed by atoms with Gasteiger partial charge in [0.1, 0.15) is 0 Å². The molecule has 0 aromatic carbocycles. The van der Waals surface area contributed by atoms with Gasteiger partial charge in [-0.25, -0.2) is 9.97 Å². The van der Waals surface area contributed by atoms with Crippen LogP contribution in [-0.4, -0.2) is 23.1 Å². The smallest absolute Gasteiger partial charge is 0.183 e. The lowest BCUT2D eigenvalue weighted by atomic mass is 10.5. The number of thiazole rings is 2. The van der Waals surface area contributed by atoms with Crippen LogP contribution >= 0.6 is 45.9 Å². The zero-order chi connectivity index (χ0) is 12.8. The molecule has 8 heteroatoms. The number of nitrogens with zero attached hydrogens (tertiary/aromatic N) is 2. The second-order valence-corrected chi connectivity index (χ2v) is 6.91. The lowest BCUT2D eigenvalue weighted by Gasteiger charge is -2.03. The van der Waals surface area contributed by atoms with Crippen molar-refractivity contribution in [1.82, 2.24) is 20.6 Å². The normalized spacial score (nSPS) is 11.0. The minimum absolute atomic E-state index is 0.590. The first-order valence-corrected chi connectivity index (χ1v) is 7.75. The molecule has 2 aromatic heterocycles. The van der Waals surface area contributed by atoms with Gasteiger partial charge in [0, 0.05) is 48.3 Å². The number of halogens is 2. The predicted molar refractivity (Wildman–Crippen MR) is 77.7 cm³/mol. The van der Waals surface area contributed by atoms with Crippen molar-refractivity contribution in [3.05, 3.63) is 31.1 Å². The molecule has 2 aromatic rings. The molecule has 0 unspecified atom stereocenters. The van der Waals surface area contributed by atoms with Gasteiger partial charge in [-0.1, -0.05) is 23.2 Å². The van der Waals surface area contributed by atoms with Gasteiger partial charge in [-0.2, -0.15) is 0 Å². The molecule has 0 spiro atoms. The van der Waals surface area contributed by atoms with Gasteiger partial charge in [0.25, 0.3) is 0 Å². The Morgan fingerprint density at radius 2 is 1.33 bits per heavy atom. The Morgan fingerprint density at radius 3 is 1.67 bits per heavy atom. The van der Waals surface area contributed by atoms with Crippen LogP contribution in [0, 0.1) is 0 Å². The zero-order valence-electron chi connectivity index (χ0n) is 9.45.